The third kappa shape index (κ3) is 3.42. The van der Waals surface area contributed by atoms with Gasteiger partial charge in [0, 0.05) is 15.4 Å². The van der Waals surface area contributed by atoms with Crippen molar-refractivity contribution in [3.63, 3.8) is 0 Å². The van der Waals surface area contributed by atoms with E-state index in [0.717, 1.165) is 17.0 Å². The predicted octanol–water partition coefficient (Wildman–Crippen LogP) is 5.06. The van der Waals surface area contributed by atoms with E-state index >= 15 is 0 Å². The lowest BCUT2D eigenvalue weighted by molar-refractivity contribution is -0.137. The van der Waals surface area contributed by atoms with E-state index < -0.39 is 11.7 Å². The van der Waals surface area contributed by atoms with E-state index in [1.165, 1.54) is 24.8 Å². The van der Waals surface area contributed by atoms with Crippen molar-refractivity contribution in [2.24, 2.45) is 0 Å². The molecule has 0 aliphatic rings. The van der Waals surface area contributed by atoms with Crippen LogP contribution < -0.4 is 0 Å². The van der Waals surface area contributed by atoms with Crippen LogP contribution in [0.5, 0.6) is 0 Å². The number of Topliss-reactive ketones (excluding diaryl/α,β-unsaturated/α-hetero) is 1. The van der Waals surface area contributed by atoms with Crippen LogP contribution in [-0.4, -0.2) is 5.78 Å². The highest BCUT2D eigenvalue weighted by molar-refractivity contribution is 7.99. The van der Waals surface area contributed by atoms with E-state index in [1.807, 2.05) is 30.3 Å². The molecule has 5 heteroatoms. The predicted molar refractivity (Wildman–Crippen MR) is 72.0 cm³/mol. The monoisotopic (exact) mass is 296 g/mol. The number of benzene rings is 2. The molecule has 0 saturated heterocycles. The second-order valence-corrected chi connectivity index (χ2v) is 5.30. The molecule has 2 rings (SSSR count). The topological polar surface area (TPSA) is 17.1 Å². The second kappa shape index (κ2) is 5.71. The van der Waals surface area contributed by atoms with E-state index in [2.05, 4.69) is 0 Å². The van der Waals surface area contributed by atoms with Crippen LogP contribution in [0.25, 0.3) is 0 Å². The minimum atomic E-state index is -4.44. The molecule has 0 N–H and O–H groups in total. The summed E-state index contributed by atoms with van der Waals surface area (Å²) < 4.78 is 38.0. The van der Waals surface area contributed by atoms with E-state index in [-0.39, 0.29) is 11.3 Å². The average Bonchev–Trinajstić information content (AvgIpc) is 2.38. The molecule has 0 fully saturated rings. The molecular formula is C15H11F3OS. The maximum atomic E-state index is 12.7. The number of ketones is 1. The van der Waals surface area contributed by atoms with Crippen molar-refractivity contribution in [2.75, 3.05) is 0 Å². The van der Waals surface area contributed by atoms with Crippen molar-refractivity contribution in [2.45, 2.75) is 22.9 Å². The maximum absolute atomic E-state index is 12.7. The van der Waals surface area contributed by atoms with Crippen molar-refractivity contribution in [3.8, 4) is 0 Å². The molecule has 0 bridgehead atoms. The number of carbonyl (C=O) groups is 1. The SMILES string of the molecule is CC(=O)c1cc(C(F)(F)F)ccc1Sc1ccccc1. The third-order valence-corrected chi connectivity index (χ3v) is 3.74. The zero-order valence-corrected chi connectivity index (χ0v) is 11.4. The van der Waals surface area contributed by atoms with Gasteiger partial charge in [-0.25, -0.2) is 0 Å². The molecule has 104 valence electrons. The largest absolute Gasteiger partial charge is 0.416 e. The maximum Gasteiger partial charge on any atom is 0.416 e. The minimum absolute atomic E-state index is 0.0914. The Morgan fingerprint density at radius 2 is 1.70 bits per heavy atom. The number of hydrogen-bond donors (Lipinski definition) is 0. The summed E-state index contributed by atoms with van der Waals surface area (Å²) >= 11 is 1.27. The van der Waals surface area contributed by atoms with Crippen LogP contribution >= 0.6 is 11.8 Å². The highest BCUT2D eigenvalue weighted by Crippen LogP contribution is 2.35. The highest BCUT2D eigenvalue weighted by atomic mass is 32.2. The average molecular weight is 296 g/mol. The Labute approximate surface area is 118 Å². The molecule has 0 spiro atoms. The van der Waals surface area contributed by atoms with Crippen LogP contribution in [0.4, 0.5) is 13.2 Å². The zero-order valence-electron chi connectivity index (χ0n) is 10.6. The lowest BCUT2D eigenvalue weighted by Gasteiger charge is -2.11. The quantitative estimate of drug-likeness (QED) is 0.736. The van der Waals surface area contributed by atoms with Gasteiger partial charge in [0.05, 0.1) is 5.56 Å². The Morgan fingerprint density at radius 1 is 1.05 bits per heavy atom. The van der Waals surface area contributed by atoms with Crippen LogP contribution in [-0.2, 0) is 6.18 Å². The van der Waals surface area contributed by atoms with Crippen molar-refractivity contribution in [1.82, 2.24) is 0 Å². The Bertz CT molecular complexity index is 621. The van der Waals surface area contributed by atoms with Gasteiger partial charge in [-0.3, -0.25) is 4.79 Å². The summed E-state index contributed by atoms with van der Waals surface area (Å²) in [4.78, 5) is 12.9. The molecule has 1 nitrogen and oxygen atoms in total. The molecular weight excluding hydrogens is 285 g/mol. The molecule has 0 aliphatic carbocycles. The van der Waals surface area contributed by atoms with E-state index in [1.54, 1.807) is 0 Å². The van der Waals surface area contributed by atoms with Crippen LogP contribution in [0.2, 0.25) is 0 Å². The highest BCUT2D eigenvalue weighted by Gasteiger charge is 2.31. The molecule has 0 amide bonds. The summed E-state index contributed by atoms with van der Waals surface area (Å²) in [6.07, 6.45) is -4.44. The number of halogens is 3. The molecule has 0 heterocycles. The third-order valence-electron chi connectivity index (χ3n) is 2.66. The van der Waals surface area contributed by atoms with Crippen LogP contribution in [0.1, 0.15) is 22.8 Å². The summed E-state index contributed by atoms with van der Waals surface area (Å²) in [5.74, 6) is -0.380. The summed E-state index contributed by atoms with van der Waals surface area (Å²) in [5, 5.41) is 0. The summed E-state index contributed by atoms with van der Waals surface area (Å²) in [5.41, 5.74) is -0.714. The smallest absolute Gasteiger partial charge is 0.294 e. The summed E-state index contributed by atoms with van der Waals surface area (Å²) in [6, 6.07) is 12.4. The molecule has 0 radical (unpaired) electrons. The van der Waals surface area contributed by atoms with Crippen LogP contribution in [0.15, 0.2) is 58.3 Å². The Morgan fingerprint density at radius 3 is 2.25 bits per heavy atom. The molecule has 0 aliphatic heterocycles. The molecule has 0 aromatic heterocycles. The van der Waals surface area contributed by atoms with Gasteiger partial charge < -0.3 is 0 Å². The fourth-order valence-corrected chi connectivity index (χ4v) is 2.68. The van der Waals surface area contributed by atoms with Crippen molar-refractivity contribution in [1.29, 1.82) is 0 Å². The molecule has 0 unspecified atom stereocenters. The summed E-state index contributed by atoms with van der Waals surface area (Å²) in [6.45, 7) is 1.27. The first-order valence-electron chi connectivity index (χ1n) is 5.83. The number of hydrogen-bond acceptors (Lipinski definition) is 2. The first kappa shape index (κ1) is 14.7. The summed E-state index contributed by atoms with van der Waals surface area (Å²) in [7, 11) is 0. The molecule has 2 aromatic rings. The van der Waals surface area contributed by atoms with Gasteiger partial charge in [0.1, 0.15) is 0 Å². The van der Waals surface area contributed by atoms with Crippen molar-refractivity contribution < 1.29 is 18.0 Å². The normalized spacial score (nSPS) is 11.4. The van der Waals surface area contributed by atoms with Gasteiger partial charge >= 0.3 is 6.18 Å². The molecule has 0 atom stereocenters. The van der Waals surface area contributed by atoms with E-state index in [0.29, 0.717) is 4.90 Å². The van der Waals surface area contributed by atoms with Gasteiger partial charge in [-0.1, -0.05) is 30.0 Å². The Kier molecular flexibility index (Phi) is 4.18. The van der Waals surface area contributed by atoms with Crippen molar-refractivity contribution >= 4 is 17.5 Å². The van der Waals surface area contributed by atoms with Crippen molar-refractivity contribution in [3.05, 3.63) is 59.7 Å². The van der Waals surface area contributed by atoms with Crippen LogP contribution in [0, 0.1) is 0 Å². The van der Waals surface area contributed by atoms with Gasteiger partial charge in [0.25, 0.3) is 0 Å². The standard InChI is InChI=1S/C15H11F3OS/c1-10(19)13-9-11(15(16,17)18)7-8-14(13)20-12-5-3-2-4-6-12/h2-9H,1H3. The van der Waals surface area contributed by atoms with Gasteiger partial charge in [-0.15, -0.1) is 0 Å². The number of carbonyl (C=O) groups excluding carboxylic acids is 1. The number of rotatable bonds is 3. The zero-order chi connectivity index (χ0) is 14.8. The second-order valence-electron chi connectivity index (χ2n) is 4.18. The molecule has 0 saturated carbocycles. The lowest BCUT2D eigenvalue weighted by Crippen LogP contribution is -2.07. The number of alkyl halides is 3. The first-order chi connectivity index (χ1) is 9.38. The van der Waals surface area contributed by atoms with Crippen LogP contribution in [0.3, 0.4) is 0 Å². The fourth-order valence-electron chi connectivity index (χ4n) is 1.69. The fraction of sp³-hybridized carbons (Fsp3) is 0.133. The molecule has 2 aromatic carbocycles. The van der Waals surface area contributed by atoms with Gasteiger partial charge in [-0.05, 0) is 37.3 Å². The van der Waals surface area contributed by atoms with Gasteiger partial charge in [0.15, 0.2) is 5.78 Å². The van der Waals surface area contributed by atoms with Gasteiger partial charge in [0.2, 0.25) is 0 Å². The van der Waals surface area contributed by atoms with E-state index in [9.17, 15) is 18.0 Å². The van der Waals surface area contributed by atoms with Gasteiger partial charge in [-0.2, -0.15) is 13.2 Å². The minimum Gasteiger partial charge on any atom is -0.294 e. The Balaban J connectivity index is 2.41. The first-order valence-corrected chi connectivity index (χ1v) is 6.64. The molecule has 20 heavy (non-hydrogen) atoms. The Hall–Kier alpha value is -1.75. The van der Waals surface area contributed by atoms with E-state index in [4.69, 9.17) is 0 Å². The lowest BCUT2D eigenvalue weighted by atomic mass is 10.1.